The molecule has 5 heteroatoms. The van der Waals surface area contributed by atoms with Gasteiger partial charge >= 0.3 is 0 Å². The van der Waals surface area contributed by atoms with Gasteiger partial charge < -0.3 is 10.4 Å². The maximum absolute atomic E-state index is 10.1. The van der Waals surface area contributed by atoms with Gasteiger partial charge in [0.15, 0.2) is 0 Å². The first kappa shape index (κ1) is 14.7. The molecule has 19 heavy (non-hydrogen) atoms. The van der Waals surface area contributed by atoms with Crippen molar-refractivity contribution in [2.45, 2.75) is 6.10 Å². The molecule has 0 saturated heterocycles. The van der Waals surface area contributed by atoms with Crippen LogP contribution in [-0.4, -0.2) is 11.7 Å². The highest BCUT2D eigenvalue weighted by Gasteiger charge is 2.09. The fourth-order valence-corrected chi connectivity index (χ4v) is 2.35. The van der Waals surface area contributed by atoms with Crippen LogP contribution in [0.4, 0.5) is 5.69 Å². The molecule has 0 heterocycles. The van der Waals surface area contributed by atoms with E-state index in [9.17, 15) is 5.11 Å². The van der Waals surface area contributed by atoms with E-state index < -0.39 is 6.10 Å². The Hall–Kier alpha value is -0.740. The fraction of sp³-hybridized carbons (Fsp3) is 0.143. The Balaban J connectivity index is 2.02. The van der Waals surface area contributed by atoms with Crippen molar-refractivity contribution in [1.29, 1.82) is 0 Å². The molecular weight excluding hydrogens is 349 g/mol. The minimum atomic E-state index is -0.608. The molecule has 2 nitrogen and oxygen atoms in total. The molecule has 0 amide bonds. The van der Waals surface area contributed by atoms with Gasteiger partial charge in [-0.05, 0) is 45.8 Å². The van der Waals surface area contributed by atoms with Crippen LogP contribution in [0.1, 0.15) is 11.7 Å². The highest BCUT2D eigenvalue weighted by molar-refractivity contribution is 9.10. The quantitative estimate of drug-likeness (QED) is 0.812. The molecule has 2 aromatic carbocycles. The van der Waals surface area contributed by atoms with E-state index in [1.165, 1.54) is 0 Å². The fourth-order valence-electron chi connectivity index (χ4n) is 1.65. The van der Waals surface area contributed by atoms with Crippen molar-refractivity contribution >= 4 is 44.8 Å². The molecule has 0 spiro atoms. The topological polar surface area (TPSA) is 32.3 Å². The van der Waals surface area contributed by atoms with Crippen LogP contribution in [0.3, 0.4) is 0 Å². The summed E-state index contributed by atoms with van der Waals surface area (Å²) in [5, 5.41) is 14.5. The van der Waals surface area contributed by atoms with Crippen molar-refractivity contribution in [2.24, 2.45) is 0 Å². The summed E-state index contributed by atoms with van der Waals surface area (Å²) in [7, 11) is 0. The maximum Gasteiger partial charge on any atom is 0.0962 e. The normalized spacial score (nSPS) is 12.2. The number of anilines is 1. The van der Waals surface area contributed by atoms with Crippen LogP contribution in [0.15, 0.2) is 46.9 Å². The smallest absolute Gasteiger partial charge is 0.0962 e. The van der Waals surface area contributed by atoms with Crippen LogP contribution >= 0.6 is 39.1 Å². The second-order valence-electron chi connectivity index (χ2n) is 4.05. The number of aliphatic hydroxyl groups excluding tert-OH is 1. The van der Waals surface area contributed by atoms with Crippen LogP contribution in [0.2, 0.25) is 10.0 Å². The highest BCUT2D eigenvalue weighted by atomic mass is 79.9. The van der Waals surface area contributed by atoms with E-state index in [4.69, 9.17) is 23.2 Å². The zero-order valence-electron chi connectivity index (χ0n) is 9.91. The monoisotopic (exact) mass is 359 g/mol. The summed E-state index contributed by atoms with van der Waals surface area (Å²) in [6.45, 7) is 0.389. The number of halogens is 3. The van der Waals surface area contributed by atoms with Gasteiger partial charge in [-0.3, -0.25) is 0 Å². The van der Waals surface area contributed by atoms with E-state index in [1.807, 2.05) is 24.3 Å². The standard InChI is InChI=1S/C14H12BrCl2NO/c15-14-11(17)2-1-3-12(14)18-8-13(19)9-4-6-10(16)7-5-9/h1-7,13,18-19H,8H2. The molecule has 2 rings (SSSR count). The van der Waals surface area contributed by atoms with Crippen LogP contribution in [0.5, 0.6) is 0 Å². The van der Waals surface area contributed by atoms with E-state index >= 15 is 0 Å². The van der Waals surface area contributed by atoms with Crippen molar-refractivity contribution in [3.63, 3.8) is 0 Å². The molecule has 0 bridgehead atoms. The first-order valence-electron chi connectivity index (χ1n) is 5.69. The van der Waals surface area contributed by atoms with Crippen LogP contribution in [0, 0.1) is 0 Å². The summed E-state index contributed by atoms with van der Waals surface area (Å²) in [6, 6.07) is 12.7. The Morgan fingerprint density at radius 1 is 1.11 bits per heavy atom. The Labute approximate surface area is 130 Å². The lowest BCUT2D eigenvalue weighted by atomic mass is 10.1. The lowest BCUT2D eigenvalue weighted by Gasteiger charge is -2.14. The molecule has 0 aliphatic carbocycles. The molecule has 2 aromatic rings. The third-order valence-electron chi connectivity index (χ3n) is 2.69. The Bertz CT molecular complexity index is 560. The predicted octanol–water partition coefficient (Wildman–Crippen LogP) is 4.90. The van der Waals surface area contributed by atoms with Gasteiger partial charge in [0.1, 0.15) is 0 Å². The number of hydrogen-bond acceptors (Lipinski definition) is 2. The van der Waals surface area contributed by atoms with Gasteiger partial charge in [0.25, 0.3) is 0 Å². The summed E-state index contributed by atoms with van der Waals surface area (Å²) in [6.07, 6.45) is -0.608. The SMILES string of the molecule is OC(CNc1cccc(Cl)c1Br)c1ccc(Cl)cc1. The van der Waals surface area contributed by atoms with Gasteiger partial charge in [0, 0.05) is 11.6 Å². The summed E-state index contributed by atoms with van der Waals surface area (Å²) < 4.78 is 0.792. The van der Waals surface area contributed by atoms with Crippen molar-refractivity contribution in [3.05, 3.63) is 62.5 Å². The summed E-state index contributed by atoms with van der Waals surface area (Å²) >= 11 is 15.2. The van der Waals surface area contributed by atoms with E-state index in [2.05, 4.69) is 21.2 Å². The minimum absolute atomic E-state index is 0.389. The molecule has 0 radical (unpaired) electrons. The third-order valence-corrected chi connectivity index (χ3v) is 4.34. The zero-order chi connectivity index (χ0) is 13.8. The first-order chi connectivity index (χ1) is 9.08. The van der Waals surface area contributed by atoms with Gasteiger partial charge in [-0.2, -0.15) is 0 Å². The van der Waals surface area contributed by atoms with E-state index in [1.54, 1.807) is 18.2 Å². The van der Waals surface area contributed by atoms with Gasteiger partial charge in [-0.1, -0.05) is 41.4 Å². The molecule has 0 aromatic heterocycles. The third kappa shape index (κ3) is 3.86. The largest absolute Gasteiger partial charge is 0.387 e. The van der Waals surface area contributed by atoms with Gasteiger partial charge in [-0.25, -0.2) is 0 Å². The Morgan fingerprint density at radius 3 is 2.47 bits per heavy atom. The van der Waals surface area contributed by atoms with Gasteiger partial charge in [-0.15, -0.1) is 0 Å². The van der Waals surface area contributed by atoms with Crippen molar-refractivity contribution in [1.82, 2.24) is 0 Å². The van der Waals surface area contributed by atoms with Gasteiger partial charge in [0.2, 0.25) is 0 Å². The van der Waals surface area contributed by atoms with Crippen LogP contribution in [-0.2, 0) is 0 Å². The predicted molar refractivity (Wildman–Crippen MR) is 84.1 cm³/mol. The first-order valence-corrected chi connectivity index (χ1v) is 7.24. The molecule has 0 aliphatic heterocycles. The maximum atomic E-state index is 10.1. The molecular formula is C14H12BrCl2NO. The van der Waals surface area contributed by atoms with Crippen molar-refractivity contribution < 1.29 is 5.11 Å². The number of aliphatic hydroxyl groups is 1. The lowest BCUT2D eigenvalue weighted by Crippen LogP contribution is -2.12. The zero-order valence-corrected chi connectivity index (χ0v) is 13.0. The average Bonchev–Trinajstić information content (AvgIpc) is 2.41. The highest BCUT2D eigenvalue weighted by Crippen LogP contribution is 2.30. The van der Waals surface area contributed by atoms with Crippen molar-refractivity contribution in [2.75, 3.05) is 11.9 Å². The number of benzene rings is 2. The Morgan fingerprint density at radius 2 is 1.79 bits per heavy atom. The average molecular weight is 361 g/mol. The molecule has 1 unspecified atom stereocenters. The second kappa shape index (κ2) is 6.62. The number of nitrogens with one attached hydrogen (secondary N) is 1. The van der Waals surface area contributed by atoms with Crippen molar-refractivity contribution in [3.8, 4) is 0 Å². The number of hydrogen-bond donors (Lipinski definition) is 2. The molecule has 1 atom stereocenters. The second-order valence-corrected chi connectivity index (χ2v) is 5.69. The molecule has 100 valence electrons. The Kier molecular flexibility index (Phi) is 5.11. The molecule has 0 fully saturated rings. The summed E-state index contributed by atoms with van der Waals surface area (Å²) in [5.41, 5.74) is 1.66. The minimum Gasteiger partial charge on any atom is -0.387 e. The van der Waals surface area contributed by atoms with E-state index in [0.29, 0.717) is 16.6 Å². The molecule has 0 saturated carbocycles. The molecule has 0 aliphatic rings. The number of rotatable bonds is 4. The van der Waals surface area contributed by atoms with E-state index in [0.717, 1.165) is 15.7 Å². The van der Waals surface area contributed by atoms with Crippen LogP contribution < -0.4 is 5.32 Å². The lowest BCUT2D eigenvalue weighted by molar-refractivity contribution is 0.191. The van der Waals surface area contributed by atoms with Crippen LogP contribution in [0.25, 0.3) is 0 Å². The summed E-state index contributed by atoms with van der Waals surface area (Å²) in [5.74, 6) is 0. The molecule has 2 N–H and O–H groups in total. The van der Waals surface area contributed by atoms with E-state index in [-0.39, 0.29) is 0 Å². The van der Waals surface area contributed by atoms with Gasteiger partial charge in [0.05, 0.1) is 21.3 Å². The summed E-state index contributed by atoms with van der Waals surface area (Å²) in [4.78, 5) is 0.